The van der Waals surface area contributed by atoms with Gasteiger partial charge in [-0.15, -0.1) is 11.3 Å². The number of aryl methyl sites for hydroxylation is 1. The van der Waals surface area contributed by atoms with Crippen LogP contribution in [0.1, 0.15) is 36.3 Å². The number of thiophene rings is 1. The number of H-pyrrole nitrogens is 1. The van der Waals surface area contributed by atoms with Crippen molar-refractivity contribution in [3.05, 3.63) is 53.0 Å². The van der Waals surface area contributed by atoms with Crippen molar-refractivity contribution in [1.29, 1.82) is 0 Å². The zero-order valence-electron chi connectivity index (χ0n) is 14.2. The summed E-state index contributed by atoms with van der Waals surface area (Å²) in [7, 11) is -3.38. The molecular formula is C19H22N2O2S2. The number of para-hydroxylation sites is 1. The predicted octanol–water partition coefficient (Wildman–Crippen LogP) is 4.36. The molecule has 0 saturated carbocycles. The first-order chi connectivity index (χ1) is 12.1. The molecule has 1 aliphatic rings. The number of rotatable bonds is 4. The van der Waals surface area contributed by atoms with Gasteiger partial charge in [0, 0.05) is 35.1 Å². The van der Waals surface area contributed by atoms with Crippen LogP contribution in [0.3, 0.4) is 0 Å². The minimum atomic E-state index is -3.38. The van der Waals surface area contributed by atoms with E-state index in [0.29, 0.717) is 17.3 Å². The van der Waals surface area contributed by atoms with E-state index in [2.05, 4.69) is 30.1 Å². The van der Waals surface area contributed by atoms with Crippen LogP contribution in [0.25, 0.3) is 10.9 Å². The molecule has 1 saturated heterocycles. The van der Waals surface area contributed by atoms with E-state index >= 15 is 0 Å². The lowest BCUT2D eigenvalue weighted by Crippen LogP contribution is -2.38. The summed E-state index contributed by atoms with van der Waals surface area (Å²) in [5.74, 6) is 0.224. The van der Waals surface area contributed by atoms with Crippen LogP contribution in [-0.2, 0) is 16.4 Å². The summed E-state index contributed by atoms with van der Waals surface area (Å²) in [5, 5.41) is 1.18. The quantitative estimate of drug-likeness (QED) is 0.738. The van der Waals surface area contributed by atoms with Crippen molar-refractivity contribution in [2.24, 2.45) is 0 Å². The number of aromatic amines is 1. The van der Waals surface area contributed by atoms with Gasteiger partial charge in [-0.25, -0.2) is 8.42 Å². The molecule has 3 aromatic rings. The fourth-order valence-electron chi connectivity index (χ4n) is 3.54. The lowest BCUT2D eigenvalue weighted by atomic mass is 9.96. The third-order valence-corrected chi connectivity index (χ3v) is 8.52. The zero-order chi connectivity index (χ0) is 17.4. The molecular weight excluding hydrogens is 352 g/mol. The molecule has 0 aliphatic carbocycles. The highest BCUT2D eigenvalue weighted by Crippen LogP contribution is 2.33. The Balaban J connectivity index is 1.59. The molecule has 1 aromatic carbocycles. The monoisotopic (exact) mass is 374 g/mol. The molecule has 4 nitrogen and oxygen atoms in total. The van der Waals surface area contributed by atoms with Crippen molar-refractivity contribution in [2.75, 3.05) is 13.1 Å². The van der Waals surface area contributed by atoms with Crippen molar-refractivity contribution in [1.82, 2.24) is 9.29 Å². The average Bonchev–Trinajstić information content (AvgIpc) is 3.29. The molecule has 132 valence electrons. The van der Waals surface area contributed by atoms with E-state index < -0.39 is 10.0 Å². The average molecular weight is 375 g/mol. The van der Waals surface area contributed by atoms with E-state index in [1.165, 1.54) is 16.7 Å². The summed E-state index contributed by atoms with van der Waals surface area (Å²) >= 11 is 1.40. The summed E-state index contributed by atoms with van der Waals surface area (Å²) in [6, 6.07) is 14.0. The van der Waals surface area contributed by atoms with Gasteiger partial charge >= 0.3 is 0 Å². The predicted molar refractivity (Wildman–Crippen MR) is 103 cm³/mol. The Hall–Kier alpha value is -1.63. The smallest absolute Gasteiger partial charge is 0.252 e. The largest absolute Gasteiger partial charge is 0.358 e. The first kappa shape index (κ1) is 16.8. The molecule has 6 heteroatoms. The number of nitrogens with one attached hydrogen (secondary N) is 1. The number of hydrogen-bond donors (Lipinski definition) is 1. The Morgan fingerprint density at radius 1 is 1.24 bits per heavy atom. The van der Waals surface area contributed by atoms with Gasteiger partial charge in [0.25, 0.3) is 10.0 Å². The van der Waals surface area contributed by atoms with E-state index in [1.807, 2.05) is 18.2 Å². The number of hydrogen-bond acceptors (Lipinski definition) is 3. The maximum atomic E-state index is 13.0. The molecule has 0 bridgehead atoms. The van der Waals surface area contributed by atoms with E-state index in [4.69, 9.17) is 0 Å². The zero-order valence-corrected chi connectivity index (χ0v) is 15.9. The molecule has 1 aliphatic heterocycles. The molecule has 3 heterocycles. The Morgan fingerprint density at radius 3 is 2.84 bits per heavy atom. The highest BCUT2D eigenvalue weighted by Gasteiger charge is 2.32. The van der Waals surface area contributed by atoms with Crippen molar-refractivity contribution >= 4 is 32.3 Å². The van der Waals surface area contributed by atoms with E-state index in [1.54, 1.807) is 10.4 Å². The molecule has 1 atom stereocenters. The number of sulfonamides is 1. The summed E-state index contributed by atoms with van der Waals surface area (Å²) in [6.45, 7) is 3.21. The van der Waals surface area contributed by atoms with Crippen molar-refractivity contribution in [2.45, 2.75) is 36.3 Å². The molecule has 0 spiro atoms. The first-order valence-electron chi connectivity index (χ1n) is 8.74. The van der Waals surface area contributed by atoms with E-state index in [9.17, 15) is 8.42 Å². The molecule has 1 N–H and O–H groups in total. The van der Waals surface area contributed by atoms with Crippen molar-refractivity contribution < 1.29 is 8.42 Å². The van der Waals surface area contributed by atoms with Crippen LogP contribution in [0.15, 0.2) is 46.7 Å². The summed E-state index contributed by atoms with van der Waals surface area (Å²) < 4.78 is 28.1. The molecule has 25 heavy (non-hydrogen) atoms. The molecule has 4 rings (SSSR count). The second kappa shape index (κ2) is 6.59. The van der Waals surface area contributed by atoms with E-state index in [0.717, 1.165) is 35.4 Å². The Morgan fingerprint density at radius 2 is 2.08 bits per heavy atom. The lowest BCUT2D eigenvalue weighted by molar-refractivity contribution is 0.314. The van der Waals surface area contributed by atoms with Gasteiger partial charge in [0.05, 0.1) is 0 Å². The fourth-order valence-corrected chi connectivity index (χ4v) is 6.52. The number of fused-ring (bicyclic) bond motifs is 1. The summed E-state index contributed by atoms with van der Waals surface area (Å²) in [4.78, 5) is 4.59. The van der Waals surface area contributed by atoms with Crippen molar-refractivity contribution in [3.8, 4) is 0 Å². The van der Waals surface area contributed by atoms with Crippen LogP contribution in [0, 0.1) is 0 Å². The molecule has 1 fully saturated rings. The minimum absolute atomic E-state index is 0.224. The third kappa shape index (κ3) is 3.14. The van der Waals surface area contributed by atoms with Gasteiger partial charge in [-0.2, -0.15) is 4.31 Å². The molecule has 0 amide bonds. The highest BCUT2D eigenvalue weighted by molar-refractivity contribution is 7.91. The highest BCUT2D eigenvalue weighted by atomic mass is 32.2. The standard InChI is InChI=1S/C19H22N2O2S2/c1-2-16-9-10-19(24-16)25(22,23)21-11-5-7-15(13-21)18-12-14-6-3-4-8-17(14)20-18/h3-4,6,8-10,12,15,20H,2,5,7,11,13H2,1H3. The number of piperidine rings is 1. The van der Waals surface area contributed by atoms with Gasteiger partial charge in [-0.3, -0.25) is 0 Å². The maximum absolute atomic E-state index is 13.0. The van der Waals surface area contributed by atoms with Gasteiger partial charge < -0.3 is 4.98 Å². The van der Waals surface area contributed by atoms with Crippen LogP contribution in [-0.4, -0.2) is 30.8 Å². The third-order valence-electron chi connectivity index (χ3n) is 4.95. The Labute approximate surface area is 152 Å². The first-order valence-corrected chi connectivity index (χ1v) is 11.0. The topological polar surface area (TPSA) is 53.2 Å². The van der Waals surface area contributed by atoms with Crippen LogP contribution in [0.4, 0.5) is 0 Å². The number of aromatic nitrogens is 1. The van der Waals surface area contributed by atoms with Gasteiger partial charge in [0.2, 0.25) is 0 Å². The fraction of sp³-hybridized carbons (Fsp3) is 0.368. The van der Waals surface area contributed by atoms with Crippen LogP contribution in [0.2, 0.25) is 0 Å². The summed E-state index contributed by atoms with van der Waals surface area (Å²) in [5.41, 5.74) is 2.25. The number of nitrogens with zero attached hydrogens (tertiary/aromatic N) is 1. The Kier molecular flexibility index (Phi) is 4.43. The summed E-state index contributed by atoms with van der Waals surface area (Å²) in [6.07, 6.45) is 2.78. The van der Waals surface area contributed by atoms with Gasteiger partial charge in [0.1, 0.15) is 4.21 Å². The van der Waals surface area contributed by atoms with Crippen LogP contribution >= 0.6 is 11.3 Å². The second-order valence-corrected chi connectivity index (χ2v) is 9.92. The molecule has 0 radical (unpaired) electrons. The maximum Gasteiger partial charge on any atom is 0.252 e. The van der Waals surface area contributed by atoms with Gasteiger partial charge in [-0.05, 0) is 48.9 Å². The molecule has 1 unspecified atom stereocenters. The second-order valence-electron chi connectivity index (χ2n) is 6.59. The Bertz CT molecular complexity index is 955. The number of benzene rings is 1. The van der Waals surface area contributed by atoms with Crippen LogP contribution < -0.4 is 0 Å². The normalized spacial score (nSPS) is 19.5. The van der Waals surface area contributed by atoms with Gasteiger partial charge in [-0.1, -0.05) is 25.1 Å². The van der Waals surface area contributed by atoms with E-state index in [-0.39, 0.29) is 5.92 Å². The SMILES string of the molecule is CCc1ccc(S(=O)(=O)N2CCCC(c3cc4ccccc4[nH]3)C2)s1. The lowest BCUT2D eigenvalue weighted by Gasteiger charge is -2.31. The minimum Gasteiger partial charge on any atom is -0.358 e. The van der Waals surface area contributed by atoms with Crippen LogP contribution in [0.5, 0.6) is 0 Å². The molecule has 2 aromatic heterocycles. The van der Waals surface area contributed by atoms with Crippen molar-refractivity contribution in [3.63, 3.8) is 0 Å². The van der Waals surface area contributed by atoms with Gasteiger partial charge in [0.15, 0.2) is 0 Å².